The molecule has 0 spiro atoms. The van der Waals surface area contributed by atoms with Crippen LogP contribution in [0.3, 0.4) is 0 Å². The Kier molecular flexibility index (Phi) is 7.36. The van der Waals surface area contributed by atoms with Crippen LogP contribution in [0, 0.1) is 0 Å². The van der Waals surface area contributed by atoms with E-state index in [0.717, 1.165) is 77.6 Å². The third kappa shape index (κ3) is 5.37. The summed E-state index contributed by atoms with van der Waals surface area (Å²) in [6, 6.07) is 27.3. The standard InChI is InChI=1S/C33H33N9/c34-39-32-27-20-26(23-6-2-1-3-7-23)30(37-28(27)13-17-36-32)24-11-9-22(10-12-24)21-42-18-14-25(15-19-42)31-38-33(41-40-31)29-8-4-5-16-35-29/h1-12,16-17,20,25,32,39H,13-15,18-19,21,34H2,(H,38,40,41). The molecule has 1 fully saturated rings. The van der Waals surface area contributed by atoms with Crippen molar-refractivity contribution in [1.82, 2.24) is 35.5 Å². The molecule has 1 saturated heterocycles. The van der Waals surface area contributed by atoms with Crippen LogP contribution < -0.4 is 11.3 Å². The molecule has 42 heavy (non-hydrogen) atoms. The summed E-state index contributed by atoms with van der Waals surface area (Å²) in [7, 11) is 0. The van der Waals surface area contributed by atoms with E-state index in [9.17, 15) is 0 Å². The van der Waals surface area contributed by atoms with Gasteiger partial charge in [0.15, 0.2) is 5.82 Å². The number of likely N-dealkylation sites (tertiary alicyclic amines) is 1. The summed E-state index contributed by atoms with van der Waals surface area (Å²) in [5.74, 6) is 7.82. The number of hydrazine groups is 1. The highest BCUT2D eigenvalue weighted by Crippen LogP contribution is 2.36. The Morgan fingerprint density at radius 3 is 2.48 bits per heavy atom. The molecule has 3 aromatic heterocycles. The predicted octanol–water partition coefficient (Wildman–Crippen LogP) is 5.06. The molecule has 5 aromatic rings. The van der Waals surface area contributed by atoms with Crippen LogP contribution in [0.5, 0.6) is 0 Å². The zero-order chi connectivity index (χ0) is 28.3. The summed E-state index contributed by atoms with van der Waals surface area (Å²) in [5.41, 5.74) is 11.2. The molecule has 0 saturated carbocycles. The first-order chi connectivity index (χ1) is 20.7. The van der Waals surface area contributed by atoms with Crippen molar-refractivity contribution in [2.24, 2.45) is 10.8 Å². The third-order valence-corrected chi connectivity index (χ3v) is 8.22. The number of rotatable bonds is 7. The molecule has 210 valence electrons. The van der Waals surface area contributed by atoms with E-state index in [0.29, 0.717) is 18.2 Å². The van der Waals surface area contributed by atoms with Crippen LogP contribution >= 0.6 is 0 Å². The number of aromatic nitrogens is 5. The van der Waals surface area contributed by atoms with Crippen LogP contribution in [0.15, 0.2) is 90.1 Å². The second-order valence-electron chi connectivity index (χ2n) is 10.9. The van der Waals surface area contributed by atoms with Gasteiger partial charge in [-0.2, -0.15) is 5.10 Å². The lowest BCUT2D eigenvalue weighted by molar-refractivity contribution is 0.202. The molecular formula is C33H33N9. The van der Waals surface area contributed by atoms with Gasteiger partial charge in [0.05, 0.1) is 11.4 Å². The average Bonchev–Trinajstić information content (AvgIpc) is 3.56. The van der Waals surface area contributed by atoms with Crippen LogP contribution in [0.2, 0.25) is 0 Å². The molecule has 0 radical (unpaired) electrons. The fourth-order valence-electron chi connectivity index (χ4n) is 5.94. The van der Waals surface area contributed by atoms with Crippen molar-refractivity contribution < 1.29 is 0 Å². The highest BCUT2D eigenvalue weighted by molar-refractivity contribution is 5.82. The van der Waals surface area contributed by atoms with Gasteiger partial charge in [0.1, 0.15) is 17.7 Å². The smallest absolute Gasteiger partial charge is 0.199 e. The first-order valence-corrected chi connectivity index (χ1v) is 14.5. The lowest BCUT2D eigenvalue weighted by Gasteiger charge is -2.31. The minimum Gasteiger partial charge on any atom is -0.299 e. The van der Waals surface area contributed by atoms with E-state index in [4.69, 9.17) is 15.8 Å². The van der Waals surface area contributed by atoms with E-state index in [-0.39, 0.29) is 6.17 Å². The molecule has 2 aliphatic heterocycles. The molecule has 0 bridgehead atoms. The van der Waals surface area contributed by atoms with Crippen LogP contribution in [-0.4, -0.2) is 49.4 Å². The molecule has 0 amide bonds. The van der Waals surface area contributed by atoms with Gasteiger partial charge in [0, 0.05) is 48.0 Å². The zero-order valence-electron chi connectivity index (χ0n) is 23.3. The molecular weight excluding hydrogens is 522 g/mol. The van der Waals surface area contributed by atoms with Gasteiger partial charge in [-0.15, -0.1) is 0 Å². The van der Waals surface area contributed by atoms with Gasteiger partial charge in [-0.05, 0) is 55.3 Å². The van der Waals surface area contributed by atoms with Crippen LogP contribution in [0.4, 0.5) is 0 Å². The van der Waals surface area contributed by atoms with Crippen molar-refractivity contribution in [3.63, 3.8) is 0 Å². The number of nitrogens with zero attached hydrogens (tertiary/aromatic N) is 6. The molecule has 5 heterocycles. The predicted molar refractivity (Wildman–Crippen MR) is 164 cm³/mol. The van der Waals surface area contributed by atoms with Crippen LogP contribution in [0.25, 0.3) is 33.9 Å². The SMILES string of the molecule is NNC1N=CCc2nc(-c3ccc(CN4CCC(c5nc(-c6ccccn6)n[nH]5)CC4)cc3)c(-c3ccccc3)cc21. The highest BCUT2D eigenvalue weighted by atomic mass is 15.3. The van der Waals surface area contributed by atoms with E-state index in [1.165, 1.54) is 5.56 Å². The number of nitrogens with one attached hydrogen (secondary N) is 2. The fourth-order valence-corrected chi connectivity index (χ4v) is 5.94. The fraction of sp³-hybridized carbons (Fsp3) is 0.242. The van der Waals surface area contributed by atoms with Crippen molar-refractivity contribution in [2.45, 2.75) is 37.9 Å². The maximum absolute atomic E-state index is 5.80. The topological polar surface area (TPSA) is 121 Å². The molecule has 2 aliphatic rings. The van der Waals surface area contributed by atoms with Crippen molar-refractivity contribution in [1.29, 1.82) is 0 Å². The Bertz CT molecular complexity index is 1670. The first kappa shape index (κ1) is 26.3. The zero-order valence-corrected chi connectivity index (χ0v) is 23.3. The van der Waals surface area contributed by atoms with Crippen LogP contribution in [-0.2, 0) is 13.0 Å². The van der Waals surface area contributed by atoms with E-state index in [1.54, 1.807) is 6.20 Å². The monoisotopic (exact) mass is 555 g/mol. The quantitative estimate of drug-likeness (QED) is 0.190. The van der Waals surface area contributed by atoms with E-state index < -0.39 is 0 Å². The summed E-state index contributed by atoms with van der Waals surface area (Å²) in [6.45, 7) is 2.97. The van der Waals surface area contributed by atoms with Crippen molar-refractivity contribution >= 4 is 6.21 Å². The van der Waals surface area contributed by atoms with Gasteiger partial charge < -0.3 is 0 Å². The number of hydrogen-bond acceptors (Lipinski definition) is 8. The van der Waals surface area contributed by atoms with Gasteiger partial charge in [0.25, 0.3) is 0 Å². The van der Waals surface area contributed by atoms with Crippen molar-refractivity contribution in [2.75, 3.05) is 13.1 Å². The minimum absolute atomic E-state index is 0.281. The van der Waals surface area contributed by atoms with Gasteiger partial charge in [0.2, 0.25) is 0 Å². The maximum Gasteiger partial charge on any atom is 0.199 e. The number of fused-ring (bicyclic) bond motifs is 1. The maximum atomic E-state index is 5.80. The van der Waals surface area contributed by atoms with Gasteiger partial charge in [-0.3, -0.25) is 30.8 Å². The van der Waals surface area contributed by atoms with Gasteiger partial charge in [-0.25, -0.2) is 10.4 Å². The lowest BCUT2D eigenvalue weighted by Crippen LogP contribution is -2.32. The number of pyridine rings is 2. The second-order valence-corrected chi connectivity index (χ2v) is 10.9. The Morgan fingerprint density at radius 2 is 1.71 bits per heavy atom. The van der Waals surface area contributed by atoms with Crippen molar-refractivity contribution in [3.05, 3.63) is 108 Å². The Hall–Kier alpha value is -4.57. The van der Waals surface area contributed by atoms with E-state index in [1.807, 2.05) is 30.5 Å². The average molecular weight is 556 g/mol. The number of nitrogens with two attached hydrogens (primary N) is 1. The third-order valence-electron chi connectivity index (χ3n) is 8.22. The number of H-pyrrole nitrogens is 1. The number of hydrogen-bond donors (Lipinski definition) is 3. The molecule has 7 rings (SSSR count). The van der Waals surface area contributed by atoms with E-state index in [2.05, 4.69) is 85.1 Å². The number of piperidine rings is 1. The number of aromatic amines is 1. The summed E-state index contributed by atoms with van der Waals surface area (Å²) in [5, 5.41) is 7.57. The van der Waals surface area contributed by atoms with Crippen LogP contribution in [0.1, 0.15) is 47.6 Å². The lowest BCUT2D eigenvalue weighted by atomic mass is 9.93. The summed E-state index contributed by atoms with van der Waals surface area (Å²) in [6.07, 6.45) is 6.18. The number of benzene rings is 2. The Balaban J connectivity index is 1.05. The van der Waals surface area contributed by atoms with Gasteiger partial charge >= 0.3 is 0 Å². The highest BCUT2D eigenvalue weighted by Gasteiger charge is 2.25. The van der Waals surface area contributed by atoms with E-state index >= 15 is 0 Å². The normalized spacial score (nSPS) is 17.3. The largest absolute Gasteiger partial charge is 0.299 e. The van der Waals surface area contributed by atoms with Gasteiger partial charge in [-0.1, -0.05) is 60.7 Å². The minimum atomic E-state index is -0.281. The van der Waals surface area contributed by atoms with Crippen molar-refractivity contribution in [3.8, 4) is 33.9 Å². The molecule has 9 nitrogen and oxygen atoms in total. The Morgan fingerprint density at radius 1 is 0.905 bits per heavy atom. The molecule has 9 heteroatoms. The first-order valence-electron chi connectivity index (χ1n) is 14.5. The molecule has 1 atom stereocenters. The molecule has 4 N–H and O–H groups in total. The second kappa shape index (κ2) is 11.7. The summed E-state index contributed by atoms with van der Waals surface area (Å²) >= 11 is 0. The Labute approximate surface area is 245 Å². The summed E-state index contributed by atoms with van der Waals surface area (Å²) in [4.78, 5) is 21.3. The summed E-state index contributed by atoms with van der Waals surface area (Å²) < 4.78 is 0. The molecule has 1 unspecified atom stereocenters. The molecule has 0 aliphatic carbocycles. The number of aliphatic imine (C=N–C) groups is 1. The molecule has 2 aromatic carbocycles.